The molecule has 1 unspecified atom stereocenters. The van der Waals surface area contributed by atoms with Crippen LogP contribution in [0.4, 0.5) is 0 Å². The van der Waals surface area contributed by atoms with Gasteiger partial charge in [-0.25, -0.2) is 4.79 Å². The van der Waals surface area contributed by atoms with Crippen molar-refractivity contribution in [1.82, 2.24) is 0 Å². The van der Waals surface area contributed by atoms with Crippen LogP contribution in [0.15, 0.2) is 60.7 Å². The van der Waals surface area contributed by atoms with Gasteiger partial charge in [0.1, 0.15) is 24.4 Å². The summed E-state index contributed by atoms with van der Waals surface area (Å²) in [5.74, 6) is -0.0963. The standard InChI is InChI=1S/C19H19NO5/c20-9-11-24-16-6-1-4-14(12-16)15-5-2-7-17(13-15)25-18(19(22)23)8-3-10-21/h1-8,10,12-13,18H,9,11,20H2,(H,22,23). The quantitative estimate of drug-likeness (QED) is 0.536. The molecule has 2 aromatic carbocycles. The number of nitrogens with two attached hydrogens (primary N) is 1. The van der Waals surface area contributed by atoms with Gasteiger partial charge in [0.15, 0.2) is 0 Å². The number of ether oxygens (including phenoxy) is 2. The van der Waals surface area contributed by atoms with E-state index in [1.54, 1.807) is 18.2 Å². The molecular formula is C19H19NO5. The van der Waals surface area contributed by atoms with Gasteiger partial charge < -0.3 is 20.3 Å². The Balaban J connectivity index is 2.22. The lowest BCUT2D eigenvalue weighted by atomic mass is 10.1. The number of hydrogen-bond acceptors (Lipinski definition) is 5. The molecule has 25 heavy (non-hydrogen) atoms. The van der Waals surface area contributed by atoms with Gasteiger partial charge in [-0.05, 0) is 47.5 Å². The van der Waals surface area contributed by atoms with Crippen molar-refractivity contribution in [2.75, 3.05) is 13.2 Å². The smallest absolute Gasteiger partial charge is 0.349 e. The van der Waals surface area contributed by atoms with Gasteiger partial charge in [-0.3, -0.25) is 4.79 Å². The van der Waals surface area contributed by atoms with Gasteiger partial charge in [0, 0.05) is 6.54 Å². The molecule has 1 atom stereocenters. The minimum absolute atomic E-state index is 0.383. The molecule has 0 spiro atoms. The minimum Gasteiger partial charge on any atom is -0.492 e. The number of carboxylic acid groups (broad SMARTS) is 1. The van der Waals surface area contributed by atoms with Crippen LogP contribution in [0.3, 0.4) is 0 Å². The summed E-state index contributed by atoms with van der Waals surface area (Å²) in [6.45, 7) is 0.856. The van der Waals surface area contributed by atoms with Gasteiger partial charge in [0.2, 0.25) is 6.10 Å². The first-order chi connectivity index (χ1) is 12.1. The van der Waals surface area contributed by atoms with E-state index in [9.17, 15) is 9.59 Å². The Morgan fingerprint density at radius 2 is 1.76 bits per heavy atom. The third-order valence-corrected chi connectivity index (χ3v) is 3.26. The molecule has 0 heterocycles. The minimum atomic E-state index is -1.24. The highest BCUT2D eigenvalue weighted by molar-refractivity contribution is 5.77. The Labute approximate surface area is 145 Å². The highest BCUT2D eigenvalue weighted by atomic mass is 16.5. The Bertz CT molecular complexity index is 757. The maximum Gasteiger partial charge on any atom is 0.349 e. The molecule has 2 aromatic rings. The summed E-state index contributed by atoms with van der Waals surface area (Å²) in [4.78, 5) is 21.6. The largest absolute Gasteiger partial charge is 0.492 e. The van der Waals surface area contributed by atoms with E-state index in [1.165, 1.54) is 6.08 Å². The van der Waals surface area contributed by atoms with E-state index < -0.39 is 12.1 Å². The number of aldehydes is 1. The van der Waals surface area contributed by atoms with E-state index in [1.807, 2.05) is 30.3 Å². The first-order valence-corrected chi connectivity index (χ1v) is 7.69. The second kappa shape index (κ2) is 9.24. The fourth-order valence-corrected chi connectivity index (χ4v) is 2.16. The SMILES string of the molecule is NCCOc1cccc(-c2cccc(OC(C=CC=O)C(=O)O)c2)c1. The predicted octanol–water partition coefficient (Wildman–Crippen LogP) is 2.28. The van der Waals surface area contributed by atoms with Crippen LogP contribution in [0.2, 0.25) is 0 Å². The van der Waals surface area contributed by atoms with Crippen molar-refractivity contribution in [1.29, 1.82) is 0 Å². The van der Waals surface area contributed by atoms with Crippen molar-refractivity contribution < 1.29 is 24.2 Å². The molecule has 3 N–H and O–H groups in total. The van der Waals surface area contributed by atoms with Gasteiger partial charge in [-0.15, -0.1) is 0 Å². The van der Waals surface area contributed by atoms with Crippen LogP contribution in [-0.2, 0) is 9.59 Å². The average molecular weight is 341 g/mol. The normalized spacial score (nSPS) is 11.9. The van der Waals surface area contributed by atoms with Gasteiger partial charge >= 0.3 is 5.97 Å². The first-order valence-electron chi connectivity index (χ1n) is 7.69. The maximum atomic E-state index is 11.2. The second-order valence-electron chi connectivity index (χ2n) is 5.09. The van der Waals surface area contributed by atoms with E-state index in [0.29, 0.717) is 30.9 Å². The molecular weight excluding hydrogens is 322 g/mol. The molecule has 0 amide bonds. The average Bonchev–Trinajstić information content (AvgIpc) is 2.63. The van der Waals surface area contributed by atoms with E-state index in [2.05, 4.69) is 0 Å². The third kappa shape index (κ3) is 5.47. The molecule has 0 saturated heterocycles. The first kappa shape index (κ1) is 18.2. The molecule has 0 aliphatic carbocycles. The van der Waals surface area contributed by atoms with Gasteiger partial charge in [0.25, 0.3) is 0 Å². The number of allylic oxidation sites excluding steroid dienone is 1. The molecule has 0 saturated carbocycles. The molecule has 130 valence electrons. The molecule has 6 nitrogen and oxygen atoms in total. The predicted molar refractivity (Wildman–Crippen MR) is 93.7 cm³/mol. The lowest BCUT2D eigenvalue weighted by molar-refractivity contribution is -0.142. The van der Waals surface area contributed by atoms with Crippen LogP contribution in [-0.4, -0.2) is 36.6 Å². The molecule has 0 bridgehead atoms. The number of carbonyl (C=O) groups excluding carboxylic acids is 1. The van der Waals surface area contributed by atoms with Crippen LogP contribution in [0.5, 0.6) is 11.5 Å². The summed E-state index contributed by atoms with van der Waals surface area (Å²) in [5.41, 5.74) is 7.18. The number of carbonyl (C=O) groups is 2. The Morgan fingerprint density at radius 3 is 2.36 bits per heavy atom. The van der Waals surface area contributed by atoms with Gasteiger partial charge in [-0.1, -0.05) is 24.3 Å². The summed E-state index contributed by atoms with van der Waals surface area (Å²) in [6, 6.07) is 14.5. The van der Waals surface area contributed by atoms with Gasteiger partial charge in [-0.2, -0.15) is 0 Å². The Hall–Kier alpha value is -3.12. The summed E-state index contributed by atoms with van der Waals surface area (Å²) < 4.78 is 11.0. The van der Waals surface area contributed by atoms with Crippen molar-refractivity contribution in [3.8, 4) is 22.6 Å². The van der Waals surface area contributed by atoms with Gasteiger partial charge in [0.05, 0.1) is 0 Å². The second-order valence-corrected chi connectivity index (χ2v) is 5.09. The lowest BCUT2D eigenvalue weighted by Gasteiger charge is -2.13. The van der Waals surface area contributed by atoms with E-state index in [-0.39, 0.29) is 0 Å². The summed E-state index contributed by atoms with van der Waals surface area (Å²) >= 11 is 0. The molecule has 0 aliphatic rings. The van der Waals surface area contributed by atoms with Crippen molar-refractivity contribution in [2.24, 2.45) is 5.73 Å². The van der Waals surface area contributed by atoms with E-state index in [0.717, 1.165) is 17.2 Å². The van der Waals surface area contributed by atoms with E-state index in [4.69, 9.17) is 20.3 Å². The molecule has 6 heteroatoms. The molecule has 2 rings (SSSR count). The topological polar surface area (TPSA) is 98.9 Å². The highest BCUT2D eigenvalue weighted by Gasteiger charge is 2.16. The Kier molecular flexibility index (Phi) is 6.74. The van der Waals surface area contributed by atoms with Crippen molar-refractivity contribution in [3.63, 3.8) is 0 Å². The lowest BCUT2D eigenvalue weighted by Crippen LogP contribution is -2.24. The molecule has 0 radical (unpaired) electrons. The van der Waals surface area contributed by atoms with Crippen LogP contribution in [0.25, 0.3) is 11.1 Å². The molecule has 0 aromatic heterocycles. The number of hydrogen-bond donors (Lipinski definition) is 2. The zero-order chi connectivity index (χ0) is 18.1. The number of benzene rings is 2. The molecule has 0 fully saturated rings. The highest BCUT2D eigenvalue weighted by Crippen LogP contribution is 2.27. The van der Waals surface area contributed by atoms with Crippen LogP contribution in [0.1, 0.15) is 0 Å². The van der Waals surface area contributed by atoms with Crippen molar-refractivity contribution in [2.45, 2.75) is 6.10 Å². The molecule has 0 aliphatic heterocycles. The third-order valence-electron chi connectivity index (χ3n) is 3.26. The Morgan fingerprint density at radius 1 is 1.12 bits per heavy atom. The fraction of sp³-hybridized carbons (Fsp3) is 0.158. The number of carboxylic acids is 1. The number of aliphatic carboxylic acids is 1. The monoisotopic (exact) mass is 341 g/mol. The zero-order valence-corrected chi connectivity index (χ0v) is 13.5. The zero-order valence-electron chi connectivity index (χ0n) is 13.5. The van der Waals surface area contributed by atoms with Crippen LogP contribution < -0.4 is 15.2 Å². The summed E-state index contributed by atoms with van der Waals surface area (Å²) in [6.07, 6.45) is 1.55. The van der Waals surface area contributed by atoms with Crippen molar-refractivity contribution >= 4 is 12.3 Å². The maximum absolute atomic E-state index is 11.2. The number of rotatable bonds is 9. The van der Waals surface area contributed by atoms with E-state index >= 15 is 0 Å². The van der Waals surface area contributed by atoms with Crippen molar-refractivity contribution in [3.05, 3.63) is 60.7 Å². The van der Waals surface area contributed by atoms with Crippen LogP contribution in [0, 0.1) is 0 Å². The van der Waals surface area contributed by atoms with Crippen LogP contribution >= 0.6 is 0 Å². The fourth-order valence-electron chi connectivity index (χ4n) is 2.16. The summed E-state index contributed by atoms with van der Waals surface area (Å²) in [5, 5.41) is 9.15. The summed E-state index contributed by atoms with van der Waals surface area (Å²) in [7, 11) is 0.